The third-order valence-electron chi connectivity index (χ3n) is 2.06. The molecule has 0 saturated carbocycles. The highest BCUT2D eigenvalue weighted by Gasteiger charge is 2.60. The van der Waals surface area contributed by atoms with Gasteiger partial charge in [-0.3, -0.25) is 4.79 Å². The summed E-state index contributed by atoms with van der Waals surface area (Å²) in [6, 6.07) is -1.63. The van der Waals surface area contributed by atoms with Gasteiger partial charge in [-0.2, -0.15) is 0 Å². The standard InChI is InChI=1S/C8H11NO5/c1-4(10)9-5(7(11)13-2)6(9)8(12)14-3/h5-6H,1-3H3. The maximum Gasteiger partial charge on any atom is 0.331 e. The van der Waals surface area contributed by atoms with Gasteiger partial charge in [0.2, 0.25) is 5.91 Å². The Labute approximate surface area is 80.8 Å². The fraction of sp³-hybridized carbons (Fsp3) is 0.625. The van der Waals surface area contributed by atoms with Gasteiger partial charge in [0.25, 0.3) is 0 Å². The molecule has 0 aromatic carbocycles. The number of nitrogens with zero attached hydrogens (tertiary/aromatic N) is 1. The average Bonchev–Trinajstić information content (AvgIpc) is 2.90. The Hall–Kier alpha value is -1.59. The van der Waals surface area contributed by atoms with Crippen molar-refractivity contribution in [1.29, 1.82) is 0 Å². The smallest absolute Gasteiger partial charge is 0.331 e. The van der Waals surface area contributed by atoms with Gasteiger partial charge in [-0.25, -0.2) is 9.59 Å². The Morgan fingerprint density at radius 2 is 1.36 bits per heavy atom. The van der Waals surface area contributed by atoms with Gasteiger partial charge in [-0.05, 0) is 0 Å². The molecule has 1 saturated heterocycles. The molecule has 1 rings (SSSR count). The number of hydrogen-bond donors (Lipinski definition) is 0. The van der Waals surface area contributed by atoms with Crippen molar-refractivity contribution in [1.82, 2.24) is 4.90 Å². The van der Waals surface area contributed by atoms with Crippen LogP contribution in [0, 0.1) is 0 Å². The zero-order valence-electron chi connectivity index (χ0n) is 8.14. The van der Waals surface area contributed by atoms with Crippen LogP contribution in [0.2, 0.25) is 0 Å². The van der Waals surface area contributed by atoms with Crippen LogP contribution in [0.5, 0.6) is 0 Å². The number of rotatable bonds is 2. The topological polar surface area (TPSA) is 72.7 Å². The third kappa shape index (κ3) is 1.55. The molecule has 0 aromatic heterocycles. The quantitative estimate of drug-likeness (QED) is 0.420. The molecule has 6 heteroatoms. The maximum atomic E-state index is 11.1. The lowest BCUT2D eigenvalue weighted by Crippen LogP contribution is -2.18. The summed E-state index contributed by atoms with van der Waals surface area (Å²) in [6.07, 6.45) is 0. The zero-order valence-corrected chi connectivity index (χ0v) is 8.14. The number of amides is 1. The van der Waals surface area contributed by atoms with E-state index < -0.39 is 24.0 Å². The molecule has 0 radical (unpaired) electrons. The molecular formula is C8H11NO5. The van der Waals surface area contributed by atoms with Gasteiger partial charge >= 0.3 is 11.9 Å². The van der Waals surface area contributed by atoms with Crippen molar-refractivity contribution in [3.05, 3.63) is 0 Å². The summed E-state index contributed by atoms with van der Waals surface area (Å²) in [6.45, 7) is 1.28. The van der Waals surface area contributed by atoms with Crippen LogP contribution in [-0.4, -0.2) is 49.0 Å². The van der Waals surface area contributed by atoms with Crippen molar-refractivity contribution in [2.45, 2.75) is 19.0 Å². The van der Waals surface area contributed by atoms with Crippen LogP contribution in [0.1, 0.15) is 6.92 Å². The first kappa shape index (κ1) is 10.5. The van der Waals surface area contributed by atoms with Crippen LogP contribution in [0.25, 0.3) is 0 Å². The van der Waals surface area contributed by atoms with Gasteiger partial charge in [-0.15, -0.1) is 0 Å². The number of ether oxygens (including phenoxy) is 2. The maximum absolute atomic E-state index is 11.1. The van der Waals surface area contributed by atoms with Gasteiger partial charge in [0.1, 0.15) is 0 Å². The van der Waals surface area contributed by atoms with E-state index in [2.05, 4.69) is 9.47 Å². The Morgan fingerprint density at radius 1 is 1.00 bits per heavy atom. The first-order valence-corrected chi connectivity index (χ1v) is 3.99. The molecule has 0 spiro atoms. The Bertz CT molecular complexity index is 265. The van der Waals surface area contributed by atoms with Crippen LogP contribution in [-0.2, 0) is 23.9 Å². The lowest BCUT2D eigenvalue weighted by Gasteiger charge is -1.96. The highest BCUT2D eigenvalue weighted by Crippen LogP contribution is 2.30. The Morgan fingerprint density at radius 3 is 1.57 bits per heavy atom. The average molecular weight is 201 g/mol. The molecule has 0 bridgehead atoms. The fourth-order valence-corrected chi connectivity index (χ4v) is 1.35. The predicted octanol–water partition coefficient (Wildman–Crippen LogP) is -1.07. The number of methoxy groups -OCH3 is 2. The molecule has 1 aliphatic heterocycles. The molecule has 6 nitrogen and oxygen atoms in total. The van der Waals surface area contributed by atoms with Crippen LogP contribution in [0.4, 0.5) is 0 Å². The second-order valence-corrected chi connectivity index (χ2v) is 2.86. The number of carbonyl (C=O) groups is 3. The van der Waals surface area contributed by atoms with Crippen LogP contribution >= 0.6 is 0 Å². The van der Waals surface area contributed by atoms with Gasteiger partial charge in [0.05, 0.1) is 14.2 Å². The summed E-state index contributed by atoms with van der Waals surface area (Å²) in [5.74, 6) is -1.55. The second-order valence-electron chi connectivity index (χ2n) is 2.86. The van der Waals surface area contributed by atoms with Crippen molar-refractivity contribution in [3.8, 4) is 0 Å². The summed E-state index contributed by atoms with van der Waals surface area (Å²) >= 11 is 0. The molecule has 1 fully saturated rings. The normalized spacial score (nSPS) is 24.1. The van der Waals surface area contributed by atoms with Crippen molar-refractivity contribution < 1.29 is 23.9 Å². The van der Waals surface area contributed by atoms with E-state index in [4.69, 9.17) is 0 Å². The first-order valence-electron chi connectivity index (χ1n) is 3.99. The lowest BCUT2D eigenvalue weighted by atomic mass is 10.3. The van der Waals surface area contributed by atoms with Crippen molar-refractivity contribution in [3.63, 3.8) is 0 Å². The molecule has 2 unspecified atom stereocenters. The van der Waals surface area contributed by atoms with E-state index in [0.717, 1.165) is 4.90 Å². The second kappa shape index (κ2) is 3.65. The minimum absolute atomic E-state index is 0.351. The monoisotopic (exact) mass is 201 g/mol. The van der Waals surface area contributed by atoms with Crippen molar-refractivity contribution in [2.24, 2.45) is 0 Å². The largest absolute Gasteiger partial charge is 0.467 e. The molecule has 0 aromatic rings. The van der Waals surface area contributed by atoms with Crippen LogP contribution in [0.3, 0.4) is 0 Å². The molecule has 1 amide bonds. The van der Waals surface area contributed by atoms with Crippen LogP contribution < -0.4 is 0 Å². The number of esters is 2. The van der Waals surface area contributed by atoms with Gasteiger partial charge < -0.3 is 14.4 Å². The van der Waals surface area contributed by atoms with E-state index in [1.165, 1.54) is 21.1 Å². The van der Waals surface area contributed by atoms with Crippen LogP contribution in [0.15, 0.2) is 0 Å². The van der Waals surface area contributed by atoms with Gasteiger partial charge in [0.15, 0.2) is 12.1 Å². The first-order chi connectivity index (χ1) is 6.54. The molecule has 1 heterocycles. The highest BCUT2D eigenvalue weighted by molar-refractivity contribution is 6.00. The van der Waals surface area contributed by atoms with Crippen molar-refractivity contribution >= 4 is 17.8 Å². The van der Waals surface area contributed by atoms with Gasteiger partial charge in [-0.1, -0.05) is 0 Å². The summed E-state index contributed by atoms with van der Waals surface area (Å²) < 4.78 is 8.88. The van der Waals surface area contributed by atoms with Gasteiger partial charge in [0, 0.05) is 6.92 Å². The molecule has 1 aliphatic rings. The molecule has 2 atom stereocenters. The minimum Gasteiger partial charge on any atom is -0.467 e. The van der Waals surface area contributed by atoms with E-state index in [9.17, 15) is 14.4 Å². The molecule has 14 heavy (non-hydrogen) atoms. The summed E-state index contributed by atoms with van der Waals surface area (Å²) in [4.78, 5) is 34.3. The SMILES string of the molecule is COC(=O)C1C(C(=O)OC)N1C(C)=O. The van der Waals surface area contributed by atoms with E-state index in [1.54, 1.807) is 0 Å². The Balaban J connectivity index is 2.73. The summed E-state index contributed by atoms with van der Waals surface area (Å²) in [5, 5.41) is 0. The molecule has 0 aliphatic carbocycles. The highest BCUT2D eigenvalue weighted by atomic mass is 16.5. The fourth-order valence-electron chi connectivity index (χ4n) is 1.35. The zero-order chi connectivity index (χ0) is 10.9. The summed E-state index contributed by atoms with van der Waals surface area (Å²) in [7, 11) is 2.40. The third-order valence-corrected chi connectivity index (χ3v) is 2.06. The van der Waals surface area contributed by atoms with E-state index in [0.29, 0.717) is 0 Å². The van der Waals surface area contributed by atoms with Crippen molar-refractivity contribution in [2.75, 3.05) is 14.2 Å². The summed E-state index contributed by atoms with van der Waals surface area (Å²) in [5.41, 5.74) is 0. The Kier molecular flexibility index (Phi) is 2.73. The lowest BCUT2D eigenvalue weighted by molar-refractivity contribution is -0.144. The predicted molar refractivity (Wildman–Crippen MR) is 44.1 cm³/mol. The minimum atomic E-state index is -0.815. The van der Waals surface area contributed by atoms with E-state index in [-0.39, 0.29) is 5.91 Å². The molecule has 78 valence electrons. The number of hydrogen-bond acceptors (Lipinski definition) is 5. The molecular weight excluding hydrogens is 190 g/mol. The molecule has 0 N–H and O–H groups in total. The van der Waals surface area contributed by atoms with E-state index >= 15 is 0 Å². The number of carbonyl (C=O) groups excluding carboxylic acids is 3. The van der Waals surface area contributed by atoms with E-state index in [1.807, 2.05) is 0 Å².